The van der Waals surface area contributed by atoms with Gasteiger partial charge in [-0.05, 0) is 31.1 Å². The molecule has 0 aliphatic heterocycles. The van der Waals surface area contributed by atoms with Crippen LogP contribution in [0.15, 0.2) is 11.1 Å². The van der Waals surface area contributed by atoms with Gasteiger partial charge in [-0.1, -0.05) is 13.8 Å². The van der Waals surface area contributed by atoms with E-state index in [0.29, 0.717) is 18.2 Å². The van der Waals surface area contributed by atoms with Crippen LogP contribution in [0.1, 0.15) is 32.4 Å². The summed E-state index contributed by atoms with van der Waals surface area (Å²) in [6.45, 7) is 6.52. The van der Waals surface area contributed by atoms with Gasteiger partial charge in [0.05, 0.1) is 11.9 Å². The highest BCUT2D eigenvalue weighted by Gasteiger charge is 2.45. The molecule has 5 nitrogen and oxygen atoms in total. The first-order valence-corrected chi connectivity index (χ1v) is 7.35. The Morgan fingerprint density at radius 2 is 2.18 bits per heavy atom. The van der Waals surface area contributed by atoms with Gasteiger partial charge < -0.3 is 0 Å². The molecule has 1 fully saturated rings. The van der Waals surface area contributed by atoms with Crippen molar-refractivity contribution in [1.82, 2.24) is 14.9 Å². The van der Waals surface area contributed by atoms with Crippen LogP contribution in [0, 0.1) is 18.3 Å². The van der Waals surface area contributed by atoms with E-state index in [4.69, 9.17) is 0 Å². The van der Waals surface area contributed by atoms with Crippen molar-refractivity contribution in [3.8, 4) is 0 Å². The van der Waals surface area contributed by atoms with Crippen molar-refractivity contribution >= 4 is 10.0 Å². The number of hydrogen-bond acceptors (Lipinski definition) is 3. The van der Waals surface area contributed by atoms with Crippen molar-refractivity contribution in [2.75, 3.05) is 6.54 Å². The molecular formula is C11H19N3O2S. The van der Waals surface area contributed by atoms with E-state index in [-0.39, 0.29) is 10.3 Å². The Hall–Kier alpha value is -0.880. The summed E-state index contributed by atoms with van der Waals surface area (Å²) in [7, 11) is -3.42. The molecule has 0 atom stereocenters. The maximum atomic E-state index is 12.0. The van der Waals surface area contributed by atoms with Crippen molar-refractivity contribution in [3.05, 3.63) is 11.9 Å². The standard InChI is InChI=1S/C11H19N3O2S/c1-8(2)11(4-5-11)7-13-17(15,16)10-6-12-14-9(10)3/h6,8,13H,4-5,7H2,1-3H3,(H,12,14). The van der Waals surface area contributed by atoms with E-state index in [1.54, 1.807) is 6.92 Å². The van der Waals surface area contributed by atoms with Crippen LogP contribution in [0.5, 0.6) is 0 Å². The predicted octanol–water partition coefficient (Wildman–Crippen LogP) is 1.43. The van der Waals surface area contributed by atoms with E-state index in [1.807, 2.05) is 0 Å². The van der Waals surface area contributed by atoms with E-state index in [0.717, 1.165) is 12.8 Å². The van der Waals surface area contributed by atoms with Gasteiger partial charge in [0.15, 0.2) is 0 Å². The van der Waals surface area contributed by atoms with Crippen LogP contribution >= 0.6 is 0 Å². The SMILES string of the molecule is Cc1[nH]ncc1S(=O)(=O)NCC1(C(C)C)CC1. The zero-order chi connectivity index (χ0) is 12.7. The van der Waals surface area contributed by atoms with Crippen LogP contribution in [-0.4, -0.2) is 25.2 Å². The summed E-state index contributed by atoms with van der Waals surface area (Å²) < 4.78 is 26.8. The Balaban J connectivity index is 2.07. The molecule has 17 heavy (non-hydrogen) atoms. The molecule has 1 saturated carbocycles. The van der Waals surface area contributed by atoms with Gasteiger partial charge in [-0.25, -0.2) is 13.1 Å². The lowest BCUT2D eigenvalue weighted by Gasteiger charge is -2.19. The number of H-pyrrole nitrogens is 1. The summed E-state index contributed by atoms with van der Waals surface area (Å²) in [4.78, 5) is 0.247. The second-order valence-corrected chi connectivity index (χ2v) is 6.94. The zero-order valence-electron chi connectivity index (χ0n) is 10.4. The third-order valence-corrected chi connectivity index (χ3v) is 5.32. The summed E-state index contributed by atoms with van der Waals surface area (Å²) in [5, 5.41) is 6.38. The molecule has 1 heterocycles. The van der Waals surface area contributed by atoms with Crippen LogP contribution in [-0.2, 0) is 10.0 Å². The lowest BCUT2D eigenvalue weighted by atomic mass is 9.93. The summed E-state index contributed by atoms with van der Waals surface area (Å²) in [5.41, 5.74) is 0.747. The first-order chi connectivity index (χ1) is 7.87. The van der Waals surface area contributed by atoms with Crippen LogP contribution in [0.25, 0.3) is 0 Å². The van der Waals surface area contributed by atoms with E-state index in [9.17, 15) is 8.42 Å². The van der Waals surface area contributed by atoms with Crippen LogP contribution in [0.4, 0.5) is 0 Å². The van der Waals surface area contributed by atoms with Crippen molar-refractivity contribution in [3.63, 3.8) is 0 Å². The number of nitrogens with one attached hydrogen (secondary N) is 2. The normalized spacial score (nSPS) is 18.6. The Morgan fingerprint density at radius 3 is 2.59 bits per heavy atom. The fraction of sp³-hybridized carbons (Fsp3) is 0.727. The van der Waals surface area contributed by atoms with Gasteiger partial charge in [0.25, 0.3) is 0 Å². The quantitative estimate of drug-likeness (QED) is 0.838. The fourth-order valence-electron chi connectivity index (χ4n) is 2.05. The summed E-state index contributed by atoms with van der Waals surface area (Å²) in [6, 6.07) is 0. The molecule has 0 unspecified atom stereocenters. The minimum absolute atomic E-state index is 0.171. The number of aromatic amines is 1. The highest BCUT2D eigenvalue weighted by Crippen LogP contribution is 2.51. The molecule has 0 bridgehead atoms. The highest BCUT2D eigenvalue weighted by atomic mass is 32.2. The third kappa shape index (κ3) is 2.37. The molecule has 2 rings (SSSR count). The fourth-order valence-corrected chi connectivity index (χ4v) is 3.32. The number of rotatable bonds is 5. The molecule has 0 radical (unpaired) electrons. The molecule has 1 aromatic rings. The van der Waals surface area contributed by atoms with Gasteiger partial charge in [0.2, 0.25) is 10.0 Å². The lowest BCUT2D eigenvalue weighted by molar-refractivity contribution is 0.357. The van der Waals surface area contributed by atoms with Crippen molar-refractivity contribution in [1.29, 1.82) is 0 Å². The molecule has 2 N–H and O–H groups in total. The second kappa shape index (κ2) is 4.10. The molecule has 1 aromatic heterocycles. The van der Waals surface area contributed by atoms with Gasteiger partial charge in [0, 0.05) is 6.54 Å². The van der Waals surface area contributed by atoms with Gasteiger partial charge in [-0.2, -0.15) is 5.10 Å². The average molecular weight is 257 g/mol. The lowest BCUT2D eigenvalue weighted by Crippen LogP contribution is -2.32. The maximum absolute atomic E-state index is 12.0. The monoisotopic (exact) mass is 257 g/mol. The smallest absolute Gasteiger partial charge is 0.243 e. The minimum Gasteiger partial charge on any atom is -0.281 e. The van der Waals surface area contributed by atoms with Gasteiger partial charge in [0.1, 0.15) is 4.90 Å². The van der Waals surface area contributed by atoms with E-state index >= 15 is 0 Å². The summed E-state index contributed by atoms with van der Waals surface area (Å²) >= 11 is 0. The minimum atomic E-state index is -3.42. The number of sulfonamides is 1. The second-order valence-electron chi connectivity index (χ2n) is 5.20. The summed E-state index contributed by atoms with van der Waals surface area (Å²) in [6.07, 6.45) is 3.57. The number of hydrogen-bond donors (Lipinski definition) is 2. The average Bonchev–Trinajstić information content (AvgIpc) is 2.92. The number of aromatic nitrogens is 2. The molecule has 6 heteroatoms. The van der Waals surface area contributed by atoms with Gasteiger partial charge in [-0.3, -0.25) is 5.10 Å². The first kappa shape index (κ1) is 12.6. The van der Waals surface area contributed by atoms with Crippen molar-refractivity contribution in [2.45, 2.75) is 38.5 Å². The Kier molecular flexibility index (Phi) is 3.03. The number of nitrogens with zero attached hydrogens (tertiary/aromatic N) is 1. The molecule has 0 spiro atoms. The molecule has 1 aliphatic rings. The van der Waals surface area contributed by atoms with Gasteiger partial charge in [-0.15, -0.1) is 0 Å². The van der Waals surface area contributed by atoms with Crippen molar-refractivity contribution < 1.29 is 8.42 Å². The molecule has 0 saturated heterocycles. The molecule has 96 valence electrons. The van der Waals surface area contributed by atoms with E-state index in [2.05, 4.69) is 28.8 Å². The topological polar surface area (TPSA) is 74.8 Å². The molecule has 0 amide bonds. The van der Waals surface area contributed by atoms with Crippen LogP contribution in [0.2, 0.25) is 0 Å². The zero-order valence-corrected chi connectivity index (χ0v) is 11.3. The van der Waals surface area contributed by atoms with Crippen molar-refractivity contribution in [2.24, 2.45) is 11.3 Å². The predicted molar refractivity (Wildman–Crippen MR) is 65.0 cm³/mol. The largest absolute Gasteiger partial charge is 0.281 e. The molecular weight excluding hydrogens is 238 g/mol. The summed E-state index contributed by atoms with van der Waals surface area (Å²) in [5.74, 6) is 0.510. The molecule has 0 aromatic carbocycles. The third-order valence-electron chi connectivity index (χ3n) is 3.80. The van der Waals surface area contributed by atoms with Gasteiger partial charge >= 0.3 is 0 Å². The van der Waals surface area contributed by atoms with Crippen LogP contribution in [0.3, 0.4) is 0 Å². The van der Waals surface area contributed by atoms with Crippen LogP contribution < -0.4 is 4.72 Å². The Bertz CT molecular complexity index is 501. The molecule has 1 aliphatic carbocycles. The first-order valence-electron chi connectivity index (χ1n) is 5.87. The maximum Gasteiger partial charge on any atom is 0.243 e. The van der Waals surface area contributed by atoms with E-state index < -0.39 is 10.0 Å². The van der Waals surface area contributed by atoms with E-state index in [1.165, 1.54) is 6.20 Å². The number of aryl methyl sites for hydroxylation is 1. The Labute approximate surface area is 102 Å². The highest BCUT2D eigenvalue weighted by molar-refractivity contribution is 7.89. The Morgan fingerprint density at radius 1 is 1.53 bits per heavy atom.